The van der Waals surface area contributed by atoms with Crippen LogP contribution in [0.3, 0.4) is 0 Å². The molecular weight excluding hydrogens is 995 g/mol. The van der Waals surface area contributed by atoms with Crippen LogP contribution in [0.5, 0.6) is 5.75 Å². The molecular formula is C51H64ClN10O9PS. The summed E-state index contributed by atoms with van der Waals surface area (Å²) >= 11 is 8.02. The molecule has 5 N–H and O–H groups in total. The van der Waals surface area contributed by atoms with E-state index in [1.807, 2.05) is 94.4 Å². The Morgan fingerprint density at radius 3 is 2.32 bits per heavy atom. The molecule has 19 nitrogen and oxygen atoms in total. The van der Waals surface area contributed by atoms with Gasteiger partial charge in [0.15, 0.2) is 5.82 Å². The fourth-order valence-corrected chi connectivity index (χ4v) is 10.6. The zero-order valence-electron chi connectivity index (χ0n) is 42.1. The highest BCUT2D eigenvalue weighted by Gasteiger charge is 2.44. The van der Waals surface area contributed by atoms with E-state index in [2.05, 4.69) is 41.1 Å². The number of aromatic nitrogens is 3. The monoisotopic (exact) mass is 1060 g/mol. The maximum Gasteiger partial charge on any atom is 0.248 e. The lowest BCUT2D eigenvalue weighted by atomic mass is 9.85. The topological polar surface area (TPSA) is 230 Å². The molecule has 0 aliphatic carbocycles. The molecule has 0 saturated carbocycles. The largest absolute Gasteiger partial charge is 0.494 e. The first-order valence-corrected chi connectivity index (χ1v) is 27.8. The van der Waals surface area contributed by atoms with Crippen LogP contribution in [0.1, 0.15) is 38.4 Å². The Bertz CT molecular complexity index is 2800. The first-order chi connectivity index (χ1) is 34.8. The number of benzene rings is 3. The second kappa shape index (κ2) is 24.3. The van der Waals surface area contributed by atoms with Crippen LogP contribution in [-0.2, 0) is 39.8 Å². The van der Waals surface area contributed by atoms with Crippen molar-refractivity contribution in [1.29, 1.82) is 0 Å². The Morgan fingerprint density at radius 2 is 1.64 bits per heavy atom. The van der Waals surface area contributed by atoms with Crippen LogP contribution in [0, 0.1) is 12.3 Å². The molecule has 0 radical (unpaired) electrons. The van der Waals surface area contributed by atoms with Gasteiger partial charge in [-0.25, -0.2) is 9.97 Å². The van der Waals surface area contributed by atoms with Crippen LogP contribution < -0.4 is 36.2 Å². The average Bonchev–Trinajstić information content (AvgIpc) is 3.99. The number of likely N-dealkylation sites (tertiary alicyclic amines) is 1. The summed E-state index contributed by atoms with van der Waals surface area (Å²) in [7, 11) is -1.02. The van der Waals surface area contributed by atoms with Crippen LogP contribution in [0.4, 0.5) is 28.8 Å². The van der Waals surface area contributed by atoms with Gasteiger partial charge >= 0.3 is 0 Å². The number of aryl methyl sites for hydroxylation is 1. The quantitative estimate of drug-likeness (QED) is 0.0459. The van der Waals surface area contributed by atoms with Gasteiger partial charge in [-0.15, -0.1) is 11.3 Å². The standard InChI is InChI=1S/C51H64ClN10O9PS/c1-32-45(73-31-55-32)34-14-12-33(13-15-34)26-53-48(66)40-25-36(63)28-62(40)49(67)46(51(2,3)4)58-43(64)29-70-22-23-71-30-44(65)61-20-18-60(19-21-61)35-16-17-38(41(24-35)69-5)57-50-54-27-37(52)47(59-50)56-39-10-8-9-11-42(39)72(6,7)68/h8-17,24,27,31,36,40,46,63H,18-23,25-26,28-30H2,1-7H3,(H,53,66)(H,58,64)(H2,54,56,57,59)/t36-,40+,46-/m1/s1. The number of halogens is 1. The molecule has 3 atom stereocenters. The minimum absolute atomic E-state index is 0.0300. The van der Waals surface area contributed by atoms with Crippen LogP contribution in [0.25, 0.3) is 10.4 Å². The van der Waals surface area contributed by atoms with Gasteiger partial charge in [-0.05, 0) is 61.1 Å². The molecule has 2 aliphatic rings. The second-order valence-corrected chi connectivity index (χ2v) is 23.8. The highest BCUT2D eigenvalue weighted by Crippen LogP contribution is 2.39. The van der Waals surface area contributed by atoms with Crippen molar-refractivity contribution in [3.63, 3.8) is 0 Å². The molecule has 7 rings (SSSR count). The molecule has 3 aromatic carbocycles. The average molecular weight is 1060 g/mol. The second-order valence-electron chi connectivity index (χ2n) is 19.3. The van der Waals surface area contributed by atoms with E-state index in [-0.39, 0.29) is 57.8 Å². The number of rotatable bonds is 20. The predicted octanol–water partition coefficient (Wildman–Crippen LogP) is 5.80. The van der Waals surface area contributed by atoms with Gasteiger partial charge in [-0.3, -0.25) is 19.2 Å². The Hall–Kier alpha value is -6.15. The number of piperazine rings is 1. The third-order valence-corrected chi connectivity index (χ3v) is 15.3. The summed E-state index contributed by atoms with van der Waals surface area (Å²) in [6.45, 7) is 12.7. The lowest BCUT2D eigenvalue weighted by Gasteiger charge is -2.36. The number of anilines is 5. The zero-order valence-corrected chi connectivity index (χ0v) is 44.6. The lowest BCUT2D eigenvalue weighted by molar-refractivity contribution is -0.144. The van der Waals surface area contributed by atoms with Crippen molar-refractivity contribution in [3.05, 3.63) is 94.7 Å². The maximum atomic E-state index is 14.0. The Balaban J connectivity index is 0.818. The summed E-state index contributed by atoms with van der Waals surface area (Å²) in [5.41, 5.74) is 6.11. The van der Waals surface area contributed by atoms with Crippen molar-refractivity contribution in [2.75, 3.05) is 95.1 Å². The van der Waals surface area contributed by atoms with E-state index in [1.165, 1.54) is 11.1 Å². The molecule has 390 valence electrons. The number of nitrogens with zero attached hydrogens (tertiary/aromatic N) is 6. The summed E-state index contributed by atoms with van der Waals surface area (Å²) in [6.07, 6.45) is 0.655. The number of aliphatic hydroxyl groups excluding tert-OH is 1. The van der Waals surface area contributed by atoms with Crippen LogP contribution in [-0.4, -0.2) is 151 Å². The molecule has 2 aliphatic heterocycles. The van der Waals surface area contributed by atoms with E-state index < -0.39 is 48.5 Å². The molecule has 0 bridgehead atoms. The number of hydrogen-bond acceptors (Lipinski definition) is 16. The van der Waals surface area contributed by atoms with E-state index in [0.29, 0.717) is 59.4 Å². The first kappa shape index (κ1) is 54.6. The first-order valence-electron chi connectivity index (χ1n) is 23.9. The number of para-hydroxylation sites is 1. The predicted molar refractivity (Wildman–Crippen MR) is 284 cm³/mol. The fourth-order valence-electron chi connectivity index (χ4n) is 8.52. The van der Waals surface area contributed by atoms with Crippen molar-refractivity contribution in [3.8, 4) is 16.2 Å². The molecule has 0 unspecified atom stereocenters. The third-order valence-electron chi connectivity index (χ3n) is 12.5. The number of aliphatic hydroxyl groups is 1. The number of thiazole rings is 1. The smallest absolute Gasteiger partial charge is 0.248 e. The summed E-state index contributed by atoms with van der Waals surface area (Å²) in [4.78, 5) is 73.2. The maximum absolute atomic E-state index is 14.0. The minimum atomic E-state index is -2.59. The number of nitrogens with one attached hydrogen (secondary N) is 4. The van der Waals surface area contributed by atoms with Crippen LogP contribution in [0.2, 0.25) is 5.02 Å². The van der Waals surface area contributed by atoms with Gasteiger partial charge in [0.05, 0.1) is 60.1 Å². The van der Waals surface area contributed by atoms with Gasteiger partial charge < -0.3 is 59.8 Å². The zero-order chi connectivity index (χ0) is 52.5. The van der Waals surface area contributed by atoms with E-state index in [1.54, 1.807) is 42.2 Å². The Labute approximate surface area is 434 Å². The number of ether oxygens (including phenoxy) is 3. The molecule has 2 saturated heterocycles. The van der Waals surface area contributed by atoms with Crippen LogP contribution >= 0.6 is 30.1 Å². The highest BCUT2D eigenvalue weighted by atomic mass is 35.5. The molecule has 2 fully saturated rings. The van der Waals surface area contributed by atoms with E-state index in [0.717, 1.165) is 27.4 Å². The summed E-state index contributed by atoms with van der Waals surface area (Å²) in [5, 5.41) is 23.7. The number of carbonyl (C=O) groups is 4. The number of hydrogen-bond donors (Lipinski definition) is 5. The molecule has 73 heavy (non-hydrogen) atoms. The van der Waals surface area contributed by atoms with Gasteiger partial charge in [-0.1, -0.05) is 68.8 Å². The molecule has 5 aromatic rings. The Kier molecular flexibility index (Phi) is 18.1. The Morgan fingerprint density at radius 1 is 0.932 bits per heavy atom. The van der Waals surface area contributed by atoms with E-state index in [9.17, 15) is 28.8 Å². The van der Waals surface area contributed by atoms with Gasteiger partial charge in [-0.2, -0.15) is 4.98 Å². The third kappa shape index (κ3) is 14.3. The summed E-state index contributed by atoms with van der Waals surface area (Å²) < 4.78 is 29.8. The van der Waals surface area contributed by atoms with E-state index >= 15 is 0 Å². The van der Waals surface area contributed by atoms with Gasteiger partial charge in [0.25, 0.3) is 0 Å². The normalized spacial score (nSPS) is 16.5. The molecule has 4 amide bonds. The van der Waals surface area contributed by atoms with Crippen molar-refractivity contribution in [2.24, 2.45) is 5.41 Å². The summed E-state index contributed by atoms with van der Waals surface area (Å²) in [6, 6.07) is 18.9. The SMILES string of the molecule is COc1cc(N2CCN(C(=O)COCCOCC(=O)N[C@H](C(=O)N3C[C@H](O)C[C@H]3C(=O)NCc3ccc(-c4scnc4C)cc3)C(C)(C)C)CC2)ccc1Nc1ncc(Cl)c(Nc2ccccc2P(C)(C)=O)n1. The number of methoxy groups -OCH3 is 1. The number of β-amino-alcohol motifs (C(OH)–C–C–N with tert-alkyl or cyclic N) is 1. The van der Waals surface area contributed by atoms with Crippen molar-refractivity contribution in [1.82, 2.24) is 35.4 Å². The molecule has 0 spiro atoms. The van der Waals surface area contributed by atoms with Crippen molar-refractivity contribution < 1.29 is 43.1 Å². The van der Waals surface area contributed by atoms with Crippen molar-refractivity contribution >= 4 is 87.8 Å². The molecule has 22 heteroatoms. The number of amides is 4. The van der Waals surface area contributed by atoms with Gasteiger partial charge in [0.2, 0.25) is 29.6 Å². The number of carbonyl (C=O) groups excluding carboxylic acids is 4. The summed E-state index contributed by atoms with van der Waals surface area (Å²) in [5.74, 6) is -0.404. The molecule has 2 aromatic heterocycles. The van der Waals surface area contributed by atoms with Gasteiger partial charge in [0, 0.05) is 62.7 Å². The van der Waals surface area contributed by atoms with E-state index in [4.69, 9.17) is 25.8 Å². The highest BCUT2D eigenvalue weighted by molar-refractivity contribution is 7.70. The van der Waals surface area contributed by atoms with Crippen molar-refractivity contribution in [2.45, 2.75) is 58.8 Å². The van der Waals surface area contributed by atoms with Crippen LogP contribution in [0.15, 0.2) is 78.4 Å². The lowest BCUT2D eigenvalue weighted by Crippen LogP contribution is -2.58. The minimum Gasteiger partial charge on any atom is -0.494 e. The fraction of sp³-hybridized carbons (Fsp3) is 0.431. The molecule has 4 heterocycles. The van der Waals surface area contributed by atoms with Gasteiger partial charge in [0.1, 0.15) is 43.2 Å².